The summed E-state index contributed by atoms with van der Waals surface area (Å²) in [6.07, 6.45) is 0.153. The fourth-order valence-electron chi connectivity index (χ4n) is 1.70. The highest BCUT2D eigenvalue weighted by Gasteiger charge is 2.11. The molecule has 106 valence electrons. The molecule has 0 radical (unpaired) electrons. The molecule has 6 nitrogen and oxygen atoms in total. The molecule has 0 saturated carbocycles. The third-order valence-electron chi connectivity index (χ3n) is 2.57. The maximum Gasteiger partial charge on any atom is 0.313 e. The number of para-hydroxylation sites is 1. The zero-order valence-corrected chi connectivity index (χ0v) is 11.5. The van der Waals surface area contributed by atoms with Gasteiger partial charge in [-0.25, -0.2) is 0 Å². The smallest absolute Gasteiger partial charge is 0.313 e. The molecule has 0 aliphatic heterocycles. The zero-order valence-electron chi connectivity index (χ0n) is 10.7. The summed E-state index contributed by atoms with van der Waals surface area (Å²) in [5.41, 5.74) is 1.27. The number of carbonyl (C=O) groups excluding carboxylic acids is 1. The van der Waals surface area contributed by atoms with Crippen LogP contribution in [0.5, 0.6) is 0 Å². The van der Waals surface area contributed by atoms with Gasteiger partial charge in [-0.3, -0.25) is 9.59 Å². The maximum absolute atomic E-state index is 11.7. The third-order valence-corrected chi connectivity index (χ3v) is 3.52. The van der Waals surface area contributed by atoms with Crippen molar-refractivity contribution < 1.29 is 19.2 Å². The van der Waals surface area contributed by atoms with E-state index in [0.717, 1.165) is 5.39 Å². The molecule has 20 heavy (non-hydrogen) atoms. The Morgan fingerprint density at radius 3 is 2.95 bits per heavy atom. The van der Waals surface area contributed by atoms with Crippen LogP contribution in [-0.2, 0) is 16.0 Å². The van der Waals surface area contributed by atoms with Crippen molar-refractivity contribution in [1.82, 2.24) is 10.5 Å². The van der Waals surface area contributed by atoms with Gasteiger partial charge >= 0.3 is 5.97 Å². The molecule has 0 fully saturated rings. The molecule has 7 heteroatoms. The Balaban J connectivity index is 1.78. The van der Waals surface area contributed by atoms with Crippen molar-refractivity contribution in [3.05, 3.63) is 30.0 Å². The molecule has 0 spiro atoms. The first-order valence-electron chi connectivity index (χ1n) is 6.06. The van der Waals surface area contributed by atoms with E-state index in [1.807, 2.05) is 18.2 Å². The molecule has 1 heterocycles. The lowest BCUT2D eigenvalue weighted by atomic mass is 10.2. The maximum atomic E-state index is 11.7. The normalized spacial score (nSPS) is 10.6. The third kappa shape index (κ3) is 3.99. The van der Waals surface area contributed by atoms with Crippen molar-refractivity contribution in [2.75, 3.05) is 18.1 Å². The minimum Gasteiger partial charge on any atom is -0.481 e. The van der Waals surface area contributed by atoms with E-state index in [2.05, 4.69) is 10.5 Å². The Morgan fingerprint density at radius 1 is 1.35 bits per heavy atom. The van der Waals surface area contributed by atoms with Gasteiger partial charge in [-0.15, -0.1) is 11.8 Å². The van der Waals surface area contributed by atoms with Crippen LogP contribution in [0.4, 0.5) is 0 Å². The summed E-state index contributed by atoms with van der Waals surface area (Å²) in [5.74, 6) is -0.392. The fourth-order valence-corrected chi connectivity index (χ4v) is 2.27. The number of hydrogen-bond donors (Lipinski definition) is 2. The topological polar surface area (TPSA) is 92.4 Å². The summed E-state index contributed by atoms with van der Waals surface area (Å²) < 4.78 is 5.12. The Morgan fingerprint density at radius 2 is 2.15 bits per heavy atom. The van der Waals surface area contributed by atoms with E-state index in [-0.39, 0.29) is 18.1 Å². The number of rotatable bonds is 7. The Hall–Kier alpha value is -2.02. The number of benzene rings is 1. The highest BCUT2D eigenvalue weighted by Crippen LogP contribution is 2.17. The molecule has 1 aromatic heterocycles. The Bertz CT molecular complexity index is 611. The van der Waals surface area contributed by atoms with Crippen LogP contribution in [0.3, 0.4) is 0 Å². The molecule has 0 saturated heterocycles. The second kappa shape index (κ2) is 6.95. The standard InChI is InChI=1S/C13H14N2O4S/c16-12(14-5-6-20-8-13(17)18)7-10-9-3-1-2-4-11(9)19-15-10/h1-4H,5-8H2,(H,14,16)(H,17,18). The predicted octanol–water partition coefficient (Wildman–Crippen LogP) is 1.30. The number of aromatic nitrogens is 1. The number of amides is 1. The fraction of sp³-hybridized carbons (Fsp3) is 0.308. The molecular weight excluding hydrogens is 280 g/mol. The first-order chi connectivity index (χ1) is 9.66. The number of fused-ring (bicyclic) bond motifs is 1. The number of carbonyl (C=O) groups is 2. The first kappa shape index (κ1) is 14.4. The molecule has 0 aliphatic carbocycles. The van der Waals surface area contributed by atoms with Crippen molar-refractivity contribution >= 4 is 34.6 Å². The Kier molecular flexibility index (Phi) is 5.00. The second-order valence-corrected chi connectivity index (χ2v) is 5.20. The lowest BCUT2D eigenvalue weighted by molar-refractivity contribution is -0.133. The Labute approximate surface area is 119 Å². The van der Waals surface area contributed by atoms with Crippen molar-refractivity contribution in [3.63, 3.8) is 0 Å². The van der Waals surface area contributed by atoms with Gasteiger partial charge in [0, 0.05) is 17.7 Å². The lowest BCUT2D eigenvalue weighted by Crippen LogP contribution is -2.27. The highest BCUT2D eigenvalue weighted by molar-refractivity contribution is 7.99. The van der Waals surface area contributed by atoms with Gasteiger partial charge in [0.15, 0.2) is 5.58 Å². The van der Waals surface area contributed by atoms with Gasteiger partial charge in [-0.05, 0) is 12.1 Å². The molecule has 2 rings (SSSR count). The van der Waals surface area contributed by atoms with E-state index in [1.54, 1.807) is 6.07 Å². The number of nitrogens with zero attached hydrogens (tertiary/aromatic N) is 1. The molecule has 1 aromatic carbocycles. The van der Waals surface area contributed by atoms with E-state index < -0.39 is 5.97 Å². The summed E-state index contributed by atoms with van der Waals surface area (Å²) in [5, 5.41) is 15.9. The summed E-state index contributed by atoms with van der Waals surface area (Å²) in [6.45, 7) is 0.437. The van der Waals surface area contributed by atoms with Crippen LogP contribution in [-0.4, -0.2) is 40.2 Å². The lowest BCUT2D eigenvalue weighted by Gasteiger charge is -2.02. The average Bonchev–Trinajstić information content (AvgIpc) is 2.81. The van der Waals surface area contributed by atoms with E-state index in [0.29, 0.717) is 23.6 Å². The molecule has 2 N–H and O–H groups in total. The minimum absolute atomic E-state index is 0.0454. The average molecular weight is 294 g/mol. The zero-order chi connectivity index (χ0) is 14.4. The van der Waals surface area contributed by atoms with Gasteiger partial charge in [-0.2, -0.15) is 0 Å². The highest BCUT2D eigenvalue weighted by atomic mass is 32.2. The van der Waals surface area contributed by atoms with Crippen LogP contribution < -0.4 is 5.32 Å². The van der Waals surface area contributed by atoms with E-state index in [4.69, 9.17) is 9.63 Å². The monoisotopic (exact) mass is 294 g/mol. The molecule has 0 aliphatic rings. The molecule has 0 atom stereocenters. The van der Waals surface area contributed by atoms with Crippen LogP contribution >= 0.6 is 11.8 Å². The number of carboxylic acid groups (broad SMARTS) is 1. The minimum atomic E-state index is -0.851. The van der Waals surface area contributed by atoms with E-state index in [9.17, 15) is 9.59 Å². The summed E-state index contributed by atoms with van der Waals surface area (Å²) >= 11 is 1.27. The number of thioether (sulfide) groups is 1. The molecule has 0 unspecified atom stereocenters. The van der Waals surface area contributed by atoms with Gasteiger partial charge in [0.1, 0.15) is 5.69 Å². The van der Waals surface area contributed by atoms with Crippen LogP contribution in [0.15, 0.2) is 28.8 Å². The summed E-state index contributed by atoms with van der Waals surface area (Å²) in [6, 6.07) is 7.37. The van der Waals surface area contributed by atoms with E-state index >= 15 is 0 Å². The van der Waals surface area contributed by atoms with Crippen LogP contribution in [0.2, 0.25) is 0 Å². The SMILES string of the molecule is O=C(O)CSCCNC(=O)Cc1noc2ccccc12. The van der Waals surface area contributed by atoms with E-state index in [1.165, 1.54) is 11.8 Å². The van der Waals surface area contributed by atoms with Crippen LogP contribution in [0, 0.1) is 0 Å². The number of carboxylic acids is 1. The molecule has 2 aromatic rings. The predicted molar refractivity (Wildman–Crippen MR) is 75.7 cm³/mol. The number of hydrogen-bond acceptors (Lipinski definition) is 5. The largest absolute Gasteiger partial charge is 0.481 e. The van der Waals surface area contributed by atoms with Gasteiger partial charge in [0.05, 0.1) is 12.2 Å². The molecule has 0 bridgehead atoms. The van der Waals surface area contributed by atoms with Crippen molar-refractivity contribution in [2.45, 2.75) is 6.42 Å². The van der Waals surface area contributed by atoms with Crippen molar-refractivity contribution in [1.29, 1.82) is 0 Å². The number of nitrogens with one attached hydrogen (secondary N) is 1. The summed E-state index contributed by atoms with van der Waals surface area (Å²) in [4.78, 5) is 22.0. The van der Waals surface area contributed by atoms with Gasteiger partial charge < -0.3 is 14.9 Å². The molecule has 1 amide bonds. The van der Waals surface area contributed by atoms with Crippen LogP contribution in [0.1, 0.15) is 5.69 Å². The number of aliphatic carboxylic acids is 1. The van der Waals surface area contributed by atoms with Gasteiger partial charge in [-0.1, -0.05) is 17.3 Å². The van der Waals surface area contributed by atoms with Gasteiger partial charge in [0.2, 0.25) is 5.91 Å². The first-order valence-corrected chi connectivity index (χ1v) is 7.22. The van der Waals surface area contributed by atoms with Crippen molar-refractivity contribution in [2.24, 2.45) is 0 Å². The summed E-state index contributed by atoms with van der Waals surface area (Å²) in [7, 11) is 0. The molecular formula is C13H14N2O4S. The van der Waals surface area contributed by atoms with Crippen molar-refractivity contribution in [3.8, 4) is 0 Å². The quantitative estimate of drug-likeness (QED) is 0.748. The van der Waals surface area contributed by atoms with Gasteiger partial charge in [0.25, 0.3) is 0 Å². The second-order valence-electron chi connectivity index (χ2n) is 4.10. The van der Waals surface area contributed by atoms with Crippen LogP contribution in [0.25, 0.3) is 11.0 Å².